The topological polar surface area (TPSA) is 87.0 Å². The second-order valence-corrected chi connectivity index (χ2v) is 6.59. The lowest BCUT2D eigenvalue weighted by Crippen LogP contribution is -2.05. The zero-order valence-corrected chi connectivity index (χ0v) is 16.8. The van der Waals surface area contributed by atoms with E-state index in [1.165, 1.54) is 5.56 Å². The van der Waals surface area contributed by atoms with Crippen LogP contribution in [-0.4, -0.2) is 39.2 Å². The van der Waals surface area contributed by atoms with Crippen LogP contribution in [0.2, 0.25) is 0 Å². The average molecular weight is 402 g/mol. The SMILES string of the molecule is COc1cccc(OC)c1-c1cnnc(NCc2cnn(Cc3ccccc3)c2)n1. The predicted molar refractivity (Wildman–Crippen MR) is 113 cm³/mol. The molecule has 4 aromatic rings. The Labute approximate surface area is 174 Å². The van der Waals surface area contributed by atoms with E-state index in [4.69, 9.17) is 9.47 Å². The van der Waals surface area contributed by atoms with Crippen LogP contribution in [0.4, 0.5) is 5.95 Å². The third-order valence-corrected chi connectivity index (χ3v) is 4.57. The highest BCUT2D eigenvalue weighted by Gasteiger charge is 2.15. The fourth-order valence-corrected chi connectivity index (χ4v) is 3.14. The minimum absolute atomic E-state index is 0.413. The van der Waals surface area contributed by atoms with Gasteiger partial charge in [-0.1, -0.05) is 36.4 Å². The van der Waals surface area contributed by atoms with Crippen LogP contribution in [0.3, 0.4) is 0 Å². The van der Waals surface area contributed by atoms with E-state index in [2.05, 4.69) is 37.7 Å². The summed E-state index contributed by atoms with van der Waals surface area (Å²) in [5.74, 6) is 1.72. The Morgan fingerprint density at radius 3 is 2.40 bits per heavy atom. The van der Waals surface area contributed by atoms with Gasteiger partial charge in [0, 0.05) is 18.3 Å². The molecule has 0 amide bonds. The number of nitrogens with one attached hydrogen (secondary N) is 1. The van der Waals surface area contributed by atoms with Crippen molar-refractivity contribution in [3.05, 3.63) is 78.2 Å². The van der Waals surface area contributed by atoms with Gasteiger partial charge in [-0.25, -0.2) is 4.98 Å². The Morgan fingerprint density at radius 1 is 0.900 bits per heavy atom. The number of anilines is 1. The van der Waals surface area contributed by atoms with Crippen LogP contribution in [0.25, 0.3) is 11.3 Å². The fourth-order valence-electron chi connectivity index (χ4n) is 3.14. The van der Waals surface area contributed by atoms with Crippen LogP contribution in [0.15, 0.2) is 67.1 Å². The van der Waals surface area contributed by atoms with Crippen molar-refractivity contribution in [2.24, 2.45) is 0 Å². The van der Waals surface area contributed by atoms with Gasteiger partial charge in [0.2, 0.25) is 5.95 Å². The van der Waals surface area contributed by atoms with E-state index in [0.29, 0.717) is 29.7 Å². The zero-order chi connectivity index (χ0) is 20.8. The van der Waals surface area contributed by atoms with E-state index < -0.39 is 0 Å². The van der Waals surface area contributed by atoms with Gasteiger partial charge in [-0.05, 0) is 17.7 Å². The lowest BCUT2D eigenvalue weighted by molar-refractivity contribution is 0.397. The van der Waals surface area contributed by atoms with E-state index >= 15 is 0 Å². The lowest BCUT2D eigenvalue weighted by atomic mass is 10.1. The van der Waals surface area contributed by atoms with Gasteiger partial charge in [0.25, 0.3) is 0 Å². The molecule has 0 aliphatic heterocycles. The Balaban J connectivity index is 1.47. The van der Waals surface area contributed by atoms with E-state index in [-0.39, 0.29) is 0 Å². The second kappa shape index (κ2) is 9.04. The summed E-state index contributed by atoms with van der Waals surface area (Å²) >= 11 is 0. The monoisotopic (exact) mass is 402 g/mol. The minimum Gasteiger partial charge on any atom is -0.496 e. The molecule has 0 aliphatic rings. The second-order valence-electron chi connectivity index (χ2n) is 6.59. The molecular formula is C22H22N6O2. The molecule has 152 valence electrons. The first-order valence-corrected chi connectivity index (χ1v) is 9.47. The van der Waals surface area contributed by atoms with Crippen molar-refractivity contribution in [3.63, 3.8) is 0 Å². The molecule has 30 heavy (non-hydrogen) atoms. The first kappa shape index (κ1) is 19.4. The van der Waals surface area contributed by atoms with Gasteiger partial charge < -0.3 is 14.8 Å². The van der Waals surface area contributed by atoms with Crippen molar-refractivity contribution in [1.82, 2.24) is 25.0 Å². The number of benzene rings is 2. The molecule has 0 fully saturated rings. The Morgan fingerprint density at radius 2 is 1.67 bits per heavy atom. The van der Waals surface area contributed by atoms with Crippen LogP contribution in [0, 0.1) is 0 Å². The van der Waals surface area contributed by atoms with Crippen molar-refractivity contribution < 1.29 is 9.47 Å². The highest BCUT2D eigenvalue weighted by Crippen LogP contribution is 2.36. The van der Waals surface area contributed by atoms with Crippen LogP contribution < -0.4 is 14.8 Å². The van der Waals surface area contributed by atoms with E-state index in [0.717, 1.165) is 17.7 Å². The summed E-state index contributed by atoms with van der Waals surface area (Å²) < 4.78 is 12.8. The van der Waals surface area contributed by atoms with Gasteiger partial charge >= 0.3 is 0 Å². The van der Waals surface area contributed by atoms with Crippen LogP contribution >= 0.6 is 0 Å². The fraction of sp³-hybridized carbons (Fsp3) is 0.182. The maximum absolute atomic E-state index is 5.46. The van der Waals surface area contributed by atoms with Crippen LogP contribution in [-0.2, 0) is 13.1 Å². The Hall–Kier alpha value is -3.94. The van der Waals surface area contributed by atoms with Crippen LogP contribution in [0.1, 0.15) is 11.1 Å². The van der Waals surface area contributed by atoms with Crippen molar-refractivity contribution in [2.45, 2.75) is 13.1 Å². The van der Waals surface area contributed by atoms with Gasteiger partial charge in [-0.2, -0.15) is 10.2 Å². The standard InChI is InChI=1S/C22H22N6O2/c1-29-19-9-6-10-20(30-2)21(19)18-13-24-27-22(26-18)23-11-17-12-25-28(15-17)14-16-7-4-3-5-8-16/h3-10,12-13,15H,11,14H2,1-2H3,(H,23,26,27). The smallest absolute Gasteiger partial charge is 0.243 e. The molecule has 4 rings (SSSR count). The largest absolute Gasteiger partial charge is 0.496 e. The molecule has 0 bridgehead atoms. The lowest BCUT2D eigenvalue weighted by Gasteiger charge is -2.12. The zero-order valence-electron chi connectivity index (χ0n) is 16.8. The molecule has 0 spiro atoms. The van der Waals surface area contributed by atoms with E-state index in [9.17, 15) is 0 Å². The van der Waals surface area contributed by atoms with Crippen molar-refractivity contribution in [2.75, 3.05) is 19.5 Å². The molecule has 1 N–H and O–H groups in total. The summed E-state index contributed by atoms with van der Waals surface area (Å²) in [4.78, 5) is 4.58. The third kappa shape index (κ3) is 4.38. The van der Waals surface area contributed by atoms with Gasteiger partial charge in [0.15, 0.2) is 0 Å². The maximum atomic E-state index is 5.46. The normalized spacial score (nSPS) is 10.6. The number of rotatable bonds is 8. The molecule has 2 heterocycles. The number of hydrogen-bond acceptors (Lipinski definition) is 7. The number of nitrogens with zero attached hydrogens (tertiary/aromatic N) is 5. The van der Waals surface area contributed by atoms with Crippen molar-refractivity contribution in [1.29, 1.82) is 0 Å². The van der Waals surface area contributed by atoms with Crippen LogP contribution in [0.5, 0.6) is 11.5 Å². The van der Waals surface area contributed by atoms with Gasteiger partial charge in [-0.3, -0.25) is 4.68 Å². The average Bonchev–Trinajstić information content (AvgIpc) is 3.25. The summed E-state index contributed by atoms with van der Waals surface area (Å²) in [6, 6.07) is 15.8. The highest BCUT2D eigenvalue weighted by atomic mass is 16.5. The first-order valence-electron chi connectivity index (χ1n) is 9.47. The van der Waals surface area contributed by atoms with Crippen molar-refractivity contribution in [3.8, 4) is 22.8 Å². The molecule has 0 radical (unpaired) electrons. The number of methoxy groups -OCH3 is 2. The molecule has 8 nitrogen and oxygen atoms in total. The molecule has 0 unspecified atom stereocenters. The molecule has 8 heteroatoms. The molecular weight excluding hydrogens is 380 g/mol. The van der Waals surface area contributed by atoms with Gasteiger partial charge in [-0.15, -0.1) is 5.10 Å². The molecule has 0 aliphatic carbocycles. The molecule has 0 atom stereocenters. The minimum atomic E-state index is 0.413. The summed E-state index contributed by atoms with van der Waals surface area (Å²) in [5, 5.41) is 15.8. The van der Waals surface area contributed by atoms with Gasteiger partial charge in [0.05, 0.1) is 38.7 Å². The summed E-state index contributed by atoms with van der Waals surface area (Å²) in [5.41, 5.74) is 3.57. The van der Waals surface area contributed by atoms with E-state index in [1.807, 2.05) is 53.5 Å². The van der Waals surface area contributed by atoms with E-state index in [1.54, 1.807) is 20.4 Å². The van der Waals surface area contributed by atoms with Gasteiger partial charge in [0.1, 0.15) is 17.2 Å². The summed E-state index contributed by atoms with van der Waals surface area (Å²) in [6.45, 7) is 1.25. The number of ether oxygens (including phenoxy) is 2. The Kier molecular flexibility index (Phi) is 5.84. The third-order valence-electron chi connectivity index (χ3n) is 4.57. The summed E-state index contributed by atoms with van der Waals surface area (Å²) in [6.07, 6.45) is 5.42. The Bertz CT molecular complexity index is 1090. The molecule has 2 aromatic heterocycles. The summed E-state index contributed by atoms with van der Waals surface area (Å²) in [7, 11) is 3.22. The number of aromatic nitrogens is 5. The quantitative estimate of drug-likeness (QED) is 0.483. The molecule has 0 saturated carbocycles. The van der Waals surface area contributed by atoms with Crippen molar-refractivity contribution >= 4 is 5.95 Å². The highest BCUT2D eigenvalue weighted by molar-refractivity contribution is 5.74. The maximum Gasteiger partial charge on any atom is 0.243 e. The predicted octanol–water partition coefficient (Wildman–Crippen LogP) is 3.41. The number of hydrogen-bond donors (Lipinski definition) is 1. The molecule has 0 saturated heterocycles. The molecule has 2 aromatic carbocycles. The first-order chi connectivity index (χ1) is 14.8.